The van der Waals surface area contributed by atoms with Crippen molar-refractivity contribution in [2.45, 2.75) is 37.5 Å². The van der Waals surface area contributed by atoms with Gasteiger partial charge in [-0.1, -0.05) is 24.6 Å². The average molecular weight is 278 g/mol. The van der Waals surface area contributed by atoms with Gasteiger partial charge in [0.25, 0.3) is 0 Å². The van der Waals surface area contributed by atoms with E-state index in [2.05, 4.69) is 43.1 Å². The second-order valence-corrected chi connectivity index (χ2v) is 6.36. The molecule has 18 heavy (non-hydrogen) atoms. The molecule has 0 saturated heterocycles. The van der Waals surface area contributed by atoms with Gasteiger partial charge in [-0.15, -0.1) is 23.1 Å². The number of hydrogen-bond donors (Lipinski definition) is 1. The molecule has 0 spiro atoms. The van der Waals surface area contributed by atoms with Gasteiger partial charge in [-0.25, -0.2) is 4.98 Å². The lowest BCUT2D eigenvalue weighted by molar-refractivity contribution is 0.978. The predicted octanol–water partition coefficient (Wildman–Crippen LogP) is 3.76. The number of nitrogens with two attached hydrogens (primary N) is 1. The standard InChI is InChI=1S/C14H18N2S2/c1-3-12-13(8-15)18-14(16-12)9-17-11-6-4-5-10(2)7-11/h4-7H,3,8-9,15H2,1-2H3. The molecule has 4 heteroatoms. The fourth-order valence-electron chi connectivity index (χ4n) is 1.78. The quantitative estimate of drug-likeness (QED) is 0.846. The zero-order valence-corrected chi connectivity index (χ0v) is 12.4. The van der Waals surface area contributed by atoms with Crippen LogP contribution in [0, 0.1) is 6.92 Å². The number of thioether (sulfide) groups is 1. The van der Waals surface area contributed by atoms with Crippen LogP contribution in [0.2, 0.25) is 0 Å². The van der Waals surface area contributed by atoms with Crippen molar-refractivity contribution in [2.75, 3.05) is 0 Å². The number of rotatable bonds is 5. The van der Waals surface area contributed by atoms with E-state index in [-0.39, 0.29) is 0 Å². The molecular weight excluding hydrogens is 260 g/mol. The molecule has 0 saturated carbocycles. The summed E-state index contributed by atoms with van der Waals surface area (Å²) in [7, 11) is 0. The van der Waals surface area contributed by atoms with Gasteiger partial charge in [0.05, 0.1) is 11.4 Å². The molecule has 2 nitrogen and oxygen atoms in total. The molecular formula is C14H18N2S2. The van der Waals surface area contributed by atoms with Gasteiger partial charge >= 0.3 is 0 Å². The van der Waals surface area contributed by atoms with Crippen LogP contribution in [-0.4, -0.2) is 4.98 Å². The maximum absolute atomic E-state index is 5.73. The first-order chi connectivity index (χ1) is 8.72. The Morgan fingerprint density at radius 2 is 2.22 bits per heavy atom. The van der Waals surface area contributed by atoms with Gasteiger partial charge in [0.15, 0.2) is 0 Å². The van der Waals surface area contributed by atoms with E-state index in [1.165, 1.54) is 26.0 Å². The minimum atomic E-state index is 0.607. The van der Waals surface area contributed by atoms with Gasteiger partial charge in [-0.3, -0.25) is 0 Å². The van der Waals surface area contributed by atoms with E-state index >= 15 is 0 Å². The molecule has 1 aromatic heterocycles. The van der Waals surface area contributed by atoms with E-state index < -0.39 is 0 Å². The summed E-state index contributed by atoms with van der Waals surface area (Å²) in [6.45, 7) is 4.86. The predicted molar refractivity (Wildman–Crippen MR) is 80.1 cm³/mol. The summed E-state index contributed by atoms with van der Waals surface area (Å²) in [6.07, 6.45) is 0.970. The molecule has 0 radical (unpaired) electrons. The van der Waals surface area contributed by atoms with Crippen molar-refractivity contribution in [3.63, 3.8) is 0 Å². The molecule has 1 aromatic carbocycles. The van der Waals surface area contributed by atoms with Crippen LogP contribution in [0.3, 0.4) is 0 Å². The van der Waals surface area contributed by atoms with Gasteiger partial charge in [-0.05, 0) is 25.5 Å². The number of aromatic nitrogens is 1. The number of hydrogen-bond acceptors (Lipinski definition) is 4. The van der Waals surface area contributed by atoms with Crippen LogP contribution in [0.5, 0.6) is 0 Å². The lowest BCUT2D eigenvalue weighted by Crippen LogP contribution is -1.96. The Labute approximate surface area is 117 Å². The van der Waals surface area contributed by atoms with Gasteiger partial charge in [-0.2, -0.15) is 0 Å². The first-order valence-electron chi connectivity index (χ1n) is 6.10. The second kappa shape index (κ2) is 6.36. The highest BCUT2D eigenvalue weighted by molar-refractivity contribution is 7.98. The highest BCUT2D eigenvalue weighted by Gasteiger charge is 2.08. The van der Waals surface area contributed by atoms with Crippen molar-refractivity contribution in [1.29, 1.82) is 0 Å². The maximum Gasteiger partial charge on any atom is 0.103 e. The topological polar surface area (TPSA) is 38.9 Å². The average Bonchev–Trinajstić information content (AvgIpc) is 2.79. The lowest BCUT2D eigenvalue weighted by atomic mass is 10.2. The van der Waals surface area contributed by atoms with Crippen LogP contribution in [0.25, 0.3) is 0 Å². The van der Waals surface area contributed by atoms with E-state index in [0.717, 1.165) is 12.2 Å². The third-order valence-corrected chi connectivity index (χ3v) is 5.00. The number of thiazole rings is 1. The Morgan fingerprint density at radius 1 is 1.39 bits per heavy atom. The maximum atomic E-state index is 5.73. The highest BCUT2D eigenvalue weighted by Crippen LogP contribution is 2.27. The Kier molecular flexibility index (Phi) is 4.80. The smallest absolute Gasteiger partial charge is 0.103 e. The largest absolute Gasteiger partial charge is 0.326 e. The normalized spacial score (nSPS) is 10.8. The van der Waals surface area contributed by atoms with Crippen molar-refractivity contribution in [3.05, 3.63) is 45.4 Å². The number of aryl methyl sites for hydroxylation is 2. The van der Waals surface area contributed by atoms with E-state index in [1.807, 2.05) is 11.8 Å². The van der Waals surface area contributed by atoms with Gasteiger partial charge < -0.3 is 5.73 Å². The monoisotopic (exact) mass is 278 g/mol. The molecule has 96 valence electrons. The van der Waals surface area contributed by atoms with Crippen molar-refractivity contribution < 1.29 is 0 Å². The Hall–Kier alpha value is -0.840. The first-order valence-corrected chi connectivity index (χ1v) is 7.90. The van der Waals surface area contributed by atoms with Crippen LogP contribution in [0.15, 0.2) is 29.2 Å². The van der Waals surface area contributed by atoms with Crippen molar-refractivity contribution in [3.8, 4) is 0 Å². The second-order valence-electron chi connectivity index (χ2n) is 4.14. The zero-order chi connectivity index (χ0) is 13.0. The molecule has 1 heterocycles. The fourth-order valence-corrected chi connectivity index (χ4v) is 3.83. The molecule has 2 aromatic rings. The summed E-state index contributed by atoms with van der Waals surface area (Å²) in [5.41, 5.74) is 8.20. The molecule has 2 rings (SSSR count). The van der Waals surface area contributed by atoms with Crippen molar-refractivity contribution in [2.24, 2.45) is 5.73 Å². The van der Waals surface area contributed by atoms with Crippen LogP contribution in [0.4, 0.5) is 0 Å². The molecule has 0 unspecified atom stereocenters. The van der Waals surface area contributed by atoms with Gasteiger partial charge in [0.1, 0.15) is 5.01 Å². The number of nitrogens with zero attached hydrogens (tertiary/aromatic N) is 1. The van der Waals surface area contributed by atoms with Crippen LogP contribution in [0.1, 0.15) is 28.1 Å². The fraction of sp³-hybridized carbons (Fsp3) is 0.357. The summed E-state index contributed by atoms with van der Waals surface area (Å²) in [5.74, 6) is 0.932. The number of benzene rings is 1. The minimum absolute atomic E-state index is 0.607. The third kappa shape index (κ3) is 3.34. The Morgan fingerprint density at radius 3 is 2.83 bits per heavy atom. The Bertz CT molecular complexity index is 499. The molecule has 0 aliphatic heterocycles. The molecule has 0 amide bonds. The SMILES string of the molecule is CCc1nc(CSc2cccc(C)c2)sc1CN. The van der Waals surface area contributed by atoms with Crippen LogP contribution >= 0.6 is 23.1 Å². The summed E-state index contributed by atoms with van der Waals surface area (Å²) in [6, 6.07) is 8.58. The summed E-state index contributed by atoms with van der Waals surface area (Å²) >= 11 is 3.59. The van der Waals surface area contributed by atoms with Gasteiger partial charge in [0.2, 0.25) is 0 Å². The minimum Gasteiger partial charge on any atom is -0.326 e. The highest BCUT2D eigenvalue weighted by atomic mass is 32.2. The van der Waals surface area contributed by atoms with Crippen molar-refractivity contribution >= 4 is 23.1 Å². The molecule has 2 N–H and O–H groups in total. The van der Waals surface area contributed by atoms with E-state index in [9.17, 15) is 0 Å². The third-order valence-electron chi connectivity index (χ3n) is 2.69. The first kappa shape index (κ1) is 13.6. The van der Waals surface area contributed by atoms with Crippen LogP contribution in [-0.2, 0) is 18.7 Å². The lowest BCUT2D eigenvalue weighted by Gasteiger charge is -2.00. The van der Waals surface area contributed by atoms with Gasteiger partial charge in [0, 0.05) is 16.3 Å². The van der Waals surface area contributed by atoms with E-state index in [0.29, 0.717) is 6.54 Å². The molecule has 0 fully saturated rings. The van der Waals surface area contributed by atoms with Crippen molar-refractivity contribution in [1.82, 2.24) is 4.98 Å². The summed E-state index contributed by atoms with van der Waals surface area (Å²) in [5, 5.41) is 1.18. The van der Waals surface area contributed by atoms with Crippen LogP contribution < -0.4 is 5.73 Å². The Balaban J connectivity index is 2.04. The van der Waals surface area contributed by atoms with E-state index in [1.54, 1.807) is 11.3 Å². The summed E-state index contributed by atoms with van der Waals surface area (Å²) < 4.78 is 0. The zero-order valence-electron chi connectivity index (χ0n) is 10.8. The van der Waals surface area contributed by atoms with E-state index in [4.69, 9.17) is 5.73 Å². The molecule has 0 atom stereocenters. The molecule has 0 aliphatic rings. The molecule has 0 aliphatic carbocycles. The summed E-state index contributed by atoms with van der Waals surface area (Å²) in [4.78, 5) is 7.19. The molecule has 0 bridgehead atoms.